The van der Waals surface area contributed by atoms with Crippen LogP contribution in [0.1, 0.15) is 11.7 Å². The summed E-state index contributed by atoms with van der Waals surface area (Å²) >= 11 is 0. The van der Waals surface area contributed by atoms with E-state index >= 15 is 0 Å². The van der Waals surface area contributed by atoms with E-state index in [-0.39, 0.29) is 0 Å². The lowest BCUT2D eigenvalue weighted by Gasteiger charge is -2.21. The highest BCUT2D eigenvalue weighted by Crippen LogP contribution is 2.19. The largest absolute Gasteiger partial charge is 0.354 e. The maximum absolute atomic E-state index is 6.13. The molecule has 0 saturated heterocycles. The molecule has 0 aliphatic heterocycles. The van der Waals surface area contributed by atoms with E-state index in [1.54, 1.807) is 25.1 Å². The van der Waals surface area contributed by atoms with Crippen molar-refractivity contribution in [2.24, 2.45) is 5.73 Å². The minimum atomic E-state index is -0.496. The second kappa shape index (κ2) is 5.77. The minimum absolute atomic E-state index is 0.400. The van der Waals surface area contributed by atoms with E-state index in [9.17, 15) is 0 Å². The van der Waals surface area contributed by atoms with Crippen molar-refractivity contribution in [2.75, 3.05) is 14.2 Å². The molecule has 5 nitrogen and oxygen atoms in total. The van der Waals surface area contributed by atoms with Gasteiger partial charge < -0.3 is 15.2 Å². The second-order valence-corrected chi connectivity index (χ2v) is 3.87. The third-order valence-electron chi connectivity index (χ3n) is 2.77. The van der Waals surface area contributed by atoms with Gasteiger partial charge in [-0.3, -0.25) is 0 Å². The number of methoxy groups -OCH3 is 2. The topological polar surface area (TPSA) is 62.3 Å². The van der Waals surface area contributed by atoms with E-state index in [1.807, 2.05) is 36.4 Å². The highest BCUT2D eigenvalue weighted by molar-refractivity contribution is 5.33. The summed E-state index contributed by atoms with van der Waals surface area (Å²) in [5.41, 5.74) is 7.93. The Bertz CT molecular complexity index is 480. The summed E-state index contributed by atoms with van der Waals surface area (Å²) in [6.45, 7) is 0. The monoisotopic (exact) mass is 247 g/mol. The molecule has 1 aromatic heterocycles. The van der Waals surface area contributed by atoms with E-state index in [0.717, 1.165) is 11.4 Å². The van der Waals surface area contributed by atoms with Crippen LogP contribution in [0.4, 0.5) is 0 Å². The van der Waals surface area contributed by atoms with E-state index in [0.29, 0.717) is 0 Å². The zero-order valence-electron chi connectivity index (χ0n) is 10.5. The first-order valence-electron chi connectivity index (χ1n) is 5.68. The van der Waals surface area contributed by atoms with Gasteiger partial charge in [-0.15, -0.1) is 0 Å². The molecular weight excluding hydrogens is 230 g/mol. The van der Waals surface area contributed by atoms with E-state index < -0.39 is 12.3 Å². The van der Waals surface area contributed by atoms with Gasteiger partial charge in [0.1, 0.15) is 0 Å². The summed E-state index contributed by atoms with van der Waals surface area (Å²) in [4.78, 5) is 0. The molecular formula is C13H17N3O2. The predicted octanol–water partition coefficient (Wildman–Crippen LogP) is 1.49. The van der Waals surface area contributed by atoms with Crippen LogP contribution in [-0.2, 0) is 9.47 Å². The van der Waals surface area contributed by atoms with Gasteiger partial charge in [0.25, 0.3) is 0 Å². The third kappa shape index (κ3) is 2.43. The van der Waals surface area contributed by atoms with Gasteiger partial charge in [0.2, 0.25) is 0 Å². The van der Waals surface area contributed by atoms with Gasteiger partial charge in [-0.25, -0.2) is 4.68 Å². The maximum atomic E-state index is 6.13. The van der Waals surface area contributed by atoms with Crippen LogP contribution in [0.25, 0.3) is 5.69 Å². The summed E-state index contributed by atoms with van der Waals surface area (Å²) in [6, 6.07) is 11.3. The number of hydrogen-bond acceptors (Lipinski definition) is 4. The van der Waals surface area contributed by atoms with Crippen LogP contribution in [0.2, 0.25) is 0 Å². The molecule has 0 bridgehead atoms. The lowest BCUT2D eigenvalue weighted by molar-refractivity contribution is -0.118. The fourth-order valence-electron chi connectivity index (χ4n) is 1.88. The summed E-state index contributed by atoms with van der Waals surface area (Å²) in [7, 11) is 3.13. The van der Waals surface area contributed by atoms with Gasteiger partial charge in [0, 0.05) is 20.4 Å². The molecule has 1 heterocycles. The van der Waals surface area contributed by atoms with Crippen LogP contribution in [0.3, 0.4) is 0 Å². The number of aromatic nitrogens is 2. The highest BCUT2D eigenvalue weighted by atomic mass is 16.7. The first-order chi connectivity index (χ1) is 8.77. The molecule has 0 spiro atoms. The molecule has 96 valence electrons. The predicted molar refractivity (Wildman–Crippen MR) is 68.3 cm³/mol. The fraction of sp³-hybridized carbons (Fsp3) is 0.308. The van der Waals surface area contributed by atoms with Crippen molar-refractivity contribution in [3.05, 3.63) is 48.3 Å². The minimum Gasteiger partial charge on any atom is -0.354 e. The molecule has 1 unspecified atom stereocenters. The van der Waals surface area contributed by atoms with Crippen LogP contribution in [0.5, 0.6) is 0 Å². The van der Waals surface area contributed by atoms with Gasteiger partial charge >= 0.3 is 0 Å². The molecule has 1 atom stereocenters. The van der Waals surface area contributed by atoms with Crippen molar-refractivity contribution in [3.8, 4) is 5.69 Å². The Kier molecular flexibility index (Phi) is 4.09. The molecule has 0 fully saturated rings. The fourth-order valence-corrected chi connectivity index (χ4v) is 1.88. The molecule has 0 amide bonds. The molecule has 2 aromatic rings. The Morgan fingerprint density at radius 3 is 2.39 bits per heavy atom. The van der Waals surface area contributed by atoms with Crippen molar-refractivity contribution in [1.29, 1.82) is 0 Å². The number of nitrogens with zero attached hydrogens (tertiary/aromatic N) is 2. The van der Waals surface area contributed by atoms with Crippen molar-refractivity contribution in [3.63, 3.8) is 0 Å². The zero-order chi connectivity index (χ0) is 13.0. The Balaban J connectivity index is 2.33. The average molecular weight is 247 g/mol. The van der Waals surface area contributed by atoms with Crippen molar-refractivity contribution in [1.82, 2.24) is 9.78 Å². The molecule has 0 saturated carbocycles. The lowest BCUT2D eigenvalue weighted by Crippen LogP contribution is -2.31. The molecule has 1 aromatic carbocycles. The van der Waals surface area contributed by atoms with E-state index in [1.165, 1.54) is 0 Å². The third-order valence-corrected chi connectivity index (χ3v) is 2.77. The van der Waals surface area contributed by atoms with Gasteiger partial charge in [-0.05, 0) is 18.2 Å². The Morgan fingerprint density at radius 1 is 1.11 bits per heavy atom. The molecule has 0 radical (unpaired) electrons. The van der Waals surface area contributed by atoms with Crippen LogP contribution < -0.4 is 5.73 Å². The Labute approximate surface area is 106 Å². The van der Waals surface area contributed by atoms with Crippen LogP contribution in [0.15, 0.2) is 42.6 Å². The molecule has 5 heteroatoms. The molecule has 18 heavy (non-hydrogen) atoms. The summed E-state index contributed by atoms with van der Waals surface area (Å²) in [5.74, 6) is 0. The first kappa shape index (κ1) is 12.8. The number of nitrogens with two attached hydrogens (primary N) is 1. The molecule has 0 aliphatic rings. The first-order valence-corrected chi connectivity index (χ1v) is 5.68. The van der Waals surface area contributed by atoms with Gasteiger partial charge in [-0.1, -0.05) is 18.2 Å². The van der Waals surface area contributed by atoms with Gasteiger partial charge in [0.05, 0.1) is 17.4 Å². The lowest BCUT2D eigenvalue weighted by atomic mass is 10.2. The average Bonchev–Trinajstić information content (AvgIpc) is 2.90. The number of rotatable bonds is 5. The van der Waals surface area contributed by atoms with E-state index in [4.69, 9.17) is 15.2 Å². The maximum Gasteiger partial charge on any atom is 0.177 e. The standard InChI is InChI=1S/C13H17N3O2/c1-17-13(18-2)12(14)11-8-9-15-16(11)10-6-4-3-5-7-10/h3-9,12-13H,14H2,1-2H3. The number of benzene rings is 1. The Hall–Kier alpha value is -1.69. The summed E-state index contributed by atoms with van der Waals surface area (Å²) in [5, 5.41) is 4.28. The van der Waals surface area contributed by atoms with Crippen LogP contribution in [-0.4, -0.2) is 30.3 Å². The summed E-state index contributed by atoms with van der Waals surface area (Å²) in [6.07, 6.45) is 1.22. The normalized spacial score (nSPS) is 12.9. The molecule has 2 rings (SSSR count). The van der Waals surface area contributed by atoms with Crippen molar-refractivity contribution >= 4 is 0 Å². The Morgan fingerprint density at radius 2 is 1.78 bits per heavy atom. The van der Waals surface area contributed by atoms with Crippen LogP contribution >= 0.6 is 0 Å². The number of para-hydroxylation sites is 1. The second-order valence-electron chi connectivity index (χ2n) is 3.87. The highest BCUT2D eigenvalue weighted by Gasteiger charge is 2.22. The summed E-state index contributed by atoms with van der Waals surface area (Å²) < 4.78 is 12.2. The number of ether oxygens (including phenoxy) is 2. The molecule has 0 aliphatic carbocycles. The molecule has 2 N–H and O–H groups in total. The van der Waals surface area contributed by atoms with Gasteiger partial charge in [0.15, 0.2) is 6.29 Å². The van der Waals surface area contributed by atoms with Gasteiger partial charge in [-0.2, -0.15) is 5.10 Å². The smallest absolute Gasteiger partial charge is 0.177 e. The van der Waals surface area contributed by atoms with Crippen molar-refractivity contribution < 1.29 is 9.47 Å². The van der Waals surface area contributed by atoms with Crippen LogP contribution in [0, 0.1) is 0 Å². The number of hydrogen-bond donors (Lipinski definition) is 1. The zero-order valence-corrected chi connectivity index (χ0v) is 10.5. The van der Waals surface area contributed by atoms with E-state index in [2.05, 4.69) is 5.10 Å². The quantitative estimate of drug-likeness (QED) is 0.813. The van der Waals surface area contributed by atoms with Crippen molar-refractivity contribution in [2.45, 2.75) is 12.3 Å². The SMILES string of the molecule is COC(OC)C(N)c1ccnn1-c1ccccc1.